The molecule has 0 atom stereocenters. The molecule has 4 aromatic rings. The largest absolute Gasteiger partial charge is 0.388 e. The summed E-state index contributed by atoms with van der Waals surface area (Å²) in [7, 11) is 0. The maximum absolute atomic E-state index is 14.4. The van der Waals surface area contributed by atoms with Crippen molar-refractivity contribution < 1.29 is 13.9 Å². The number of hydrogen-bond acceptors (Lipinski definition) is 4. The van der Waals surface area contributed by atoms with E-state index in [1.807, 2.05) is 0 Å². The van der Waals surface area contributed by atoms with E-state index in [2.05, 4.69) is 25.4 Å². The first-order chi connectivity index (χ1) is 12.6. The highest BCUT2D eigenvalue weighted by atomic mass is 19.1. The van der Waals surface area contributed by atoms with Gasteiger partial charge in [0.05, 0.1) is 5.69 Å². The number of benzene rings is 2. The van der Waals surface area contributed by atoms with Gasteiger partial charge in [0.1, 0.15) is 23.8 Å². The van der Waals surface area contributed by atoms with Crippen molar-refractivity contribution in [1.82, 2.24) is 25.4 Å². The Morgan fingerprint density at radius 3 is 2.58 bits per heavy atom. The van der Waals surface area contributed by atoms with Crippen molar-refractivity contribution in [3.8, 4) is 11.4 Å². The molecule has 2 heterocycles. The summed E-state index contributed by atoms with van der Waals surface area (Å²) in [5.74, 6) is -0.143. The molecule has 0 aliphatic rings. The van der Waals surface area contributed by atoms with Crippen molar-refractivity contribution in [2.45, 2.75) is 6.61 Å². The smallest absolute Gasteiger partial charge is 0.161 e. The van der Waals surface area contributed by atoms with Crippen LogP contribution in [0.3, 0.4) is 0 Å². The first-order valence-corrected chi connectivity index (χ1v) is 7.78. The van der Waals surface area contributed by atoms with Gasteiger partial charge in [-0.1, -0.05) is 18.2 Å². The highest BCUT2D eigenvalue weighted by Gasteiger charge is 2.13. The number of hydrogen-bond donors (Lipinski definition) is 3. The van der Waals surface area contributed by atoms with E-state index in [0.29, 0.717) is 28.3 Å². The second-order valence-electron chi connectivity index (χ2n) is 5.65. The Morgan fingerprint density at radius 1 is 1.04 bits per heavy atom. The molecule has 0 unspecified atom stereocenters. The molecule has 6 nitrogen and oxygen atoms in total. The predicted octanol–water partition coefficient (Wildman–Crippen LogP) is 3.29. The van der Waals surface area contributed by atoms with Gasteiger partial charge in [0.15, 0.2) is 11.6 Å². The van der Waals surface area contributed by atoms with Gasteiger partial charge in [-0.05, 0) is 35.9 Å². The summed E-state index contributed by atoms with van der Waals surface area (Å²) in [6.07, 6.45) is 3.48. The van der Waals surface area contributed by atoms with Crippen LogP contribution in [0.2, 0.25) is 0 Å². The first-order valence-electron chi connectivity index (χ1n) is 7.78. The Hall–Kier alpha value is -3.39. The molecular weight excluding hydrogens is 340 g/mol. The van der Waals surface area contributed by atoms with E-state index in [-0.39, 0.29) is 17.9 Å². The maximum atomic E-state index is 14.4. The fourth-order valence-electron chi connectivity index (χ4n) is 2.61. The highest BCUT2D eigenvalue weighted by Crippen LogP contribution is 2.27. The number of aliphatic hydroxyl groups excluding tert-OH is 1. The zero-order valence-corrected chi connectivity index (χ0v) is 13.4. The summed E-state index contributed by atoms with van der Waals surface area (Å²) < 4.78 is 27.4. The molecule has 0 aliphatic carbocycles. The zero-order chi connectivity index (χ0) is 18.1. The molecule has 0 aliphatic heterocycles. The van der Waals surface area contributed by atoms with Gasteiger partial charge in [0.25, 0.3) is 0 Å². The minimum Gasteiger partial charge on any atom is -0.388 e. The van der Waals surface area contributed by atoms with Gasteiger partial charge in [-0.15, -0.1) is 10.2 Å². The van der Waals surface area contributed by atoms with Crippen LogP contribution in [0, 0.1) is 11.6 Å². The molecule has 0 saturated carbocycles. The first kappa shape index (κ1) is 16.1. The van der Waals surface area contributed by atoms with E-state index in [9.17, 15) is 8.78 Å². The maximum Gasteiger partial charge on any atom is 0.161 e. The minimum atomic E-state index is -0.478. The lowest BCUT2D eigenvalue weighted by Gasteiger charge is -1.99. The van der Waals surface area contributed by atoms with Crippen molar-refractivity contribution in [3.05, 3.63) is 65.1 Å². The molecule has 0 radical (unpaired) electrons. The average Bonchev–Trinajstić information content (AvgIpc) is 3.28. The molecule has 130 valence electrons. The fourth-order valence-corrected chi connectivity index (χ4v) is 2.61. The van der Waals surface area contributed by atoms with Crippen molar-refractivity contribution in [1.29, 1.82) is 0 Å². The Kier molecular flexibility index (Phi) is 4.02. The third-order valence-corrected chi connectivity index (χ3v) is 3.91. The molecule has 3 N–H and O–H groups in total. The molecule has 8 heteroatoms. The molecular formula is C18H13F2N5O. The van der Waals surface area contributed by atoms with Gasteiger partial charge < -0.3 is 10.1 Å². The summed E-state index contributed by atoms with van der Waals surface area (Å²) in [6, 6.07) is 9.05. The van der Waals surface area contributed by atoms with Gasteiger partial charge >= 0.3 is 0 Å². The van der Waals surface area contributed by atoms with E-state index < -0.39 is 5.82 Å². The molecule has 4 rings (SSSR count). The second-order valence-corrected chi connectivity index (χ2v) is 5.65. The van der Waals surface area contributed by atoms with Crippen molar-refractivity contribution in [3.63, 3.8) is 0 Å². The SMILES string of the molecule is OCc1nnc(-c2cc(F)c3[nH]nc(/C=C/c4ccc(F)cc4)c3c2)[nH]1. The van der Waals surface area contributed by atoms with Gasteiger partial charge in [-0.3, -0.25) is 5.10 Å². The Balaban J connectivity index is 1.75. The van der Waals surface area contributed by atoms with Gasteiger partial charge in [-0.25, -0.2) is 8.78 Å². The number of rotatable bonds is 4. The molecule has 0 amide bonds. The van der Waals surface area contributed by atoms with Gasteiger partial charge in [0, 0.05) is 10.9 Å². The quantitative estimate of drug-likeness (QED) is 0.525. The summed E-state index contributed by atoms with van der Waals surface area (Å²) in [4.78, 5) is 2.82. The average molecular weight is 353 g/mol. The van der Waals surface area contributed by atoms with E-state index in [4.69, 9.17) is 5.11 Å². The number of aromatic amines is 2. The molecule has 0 bridgehead atoms. The number of fused-ring (bicyclic) bond motifs is 1. The van der Waals surface area contributed by atoms with Crippen molar-refractivity contribution in [2.24, 2.45) is 0 Å². The Labute approximate surface area is 146 Å². The highest BCUT2D eigenvalue weighted by molar-refractivity contribution is 5.92. The zero-order valence-electron chi connectivity index (χ0n) is 13.4. The monoisotopic (exact) mass is 353 g/mol. The normalized spacial score (nSPS) is 11.7. The third-order valence-electron chi connectivity index (χ3n) is 3.91. The lowest BCUT2D eigenvalue weighted by atomic mass is 10.1. The van der Waals surface area contributed by atoms with E-state index in [1.54, 1.807) is 30.4 Å². The number of H-pyrrole nitrogens is 2. The van der Waals surface area contributed by atoms with Crippen molar-refractivity contribution in [2.75, 3.05) is 0 Å². The van der Waals surface area contributed by atoms with Crippen LogP contribution in [0.1, 0.15) is 17.1 Å². The second kappa shape index (κ2) is 6.49. The number of nitrogens with zero attached hydrogens (tertiary/aromatic N) is 3. The van der Waals surface area contributed by atoms with Crippen LogP contribution in [0.25, 0.3) is 34.4 Å². The molecule has 0 spiro atoms. The van der Waals surface area contributed by atoms with Crippen molar-refractivity contribution >= 4 is 23.1 Å². The number of halogens is 2. The topological polar surface area (TPSA) is 90.5 Å². The summed E-state index contributed by atoms with van der Waals surface area (Å²) in [5.41, 5.74) is 2.09. The van der Waals surface area contributed by atoms with Gasteiger partial charge in [0.2, 0.25) is 0 Å². The molecule has 2 aromatic heterocycles. The molecule has 0 fully saturated rings. The minimum absolute atomic E-state index is 0.273. The third kappa shape index (κ3) is 2.98. The molecule has 2 aromatic carbocycles. The van der Waals surface area contributed by atoms with Crippen LogP contribution in [0.15, 0.2) is 36.4 Å². The number of aromatic nitrogens is 5. The number of nitrogens with one attached hydrogen (secondary N) is 2. The Bertz CT molecular complexity index is 1100. The Morgan fingerprint density at radius 2 is 1.85 bits per heavy atom. The molecule has 0 saturated heterocycles. The van der Waals surface area contributed by atoms with E-state index >= 15 is 0 Å². The van der Waals surface area contributed by atoms with Crippen LogP contribution >= 0.6 is 0 Å². The summed E-state index contributed by atoms with van der Waals surface area (Å²) >= 11 is 0. The van der Waals surface area contributed by atoms with Gasteiger partial charge in [-0.2, -0.15) is 5.10 Å². The number of aliphatic hydroxyl groups is 1. The standard InChI is InChI=1S/C18H13F2N5O/c19-12-4-1-10(2-5-12)3-6-15-13-7-11(8-14(20)17(13)24-22-15)18-21-16(9-26)23-25-18/h1-8,26H,9H2,(H,22,24)(H,21,23,25)/b6-3+. The lowest BCUT2D eigenvalue weighted by molar-refractivity contribution is 0.272. The van der Waals surface area contributed by atoms with Crippen LogP contribution in [0.4, 0.5) is 8.78 Å². The van der Waals surface area contributed by atoms with E-state index in [1.165, 1.54) is 18.2 Å². The fraction of sp³-hybridized carbons (Fsp3) is 0.0556. The van der Waals surface area contributed by atoms with Crippen LogP contribution in [-0.2, 0) is 6.61 Å². The van der Waals surface area contributed by atoms with E-state index in [0.717, 1.165) is 5.56 Å². The van der Waals surface area contributed by atoms with Crippen LogP contribution in [-0.4, -0.2) is 30.5 Å². The van der Waals surface area contributed by atoms with Crippen LogP contribution in [0.5, 0.6) is 0 Å². The van der Waals surface area contributed by atoms with Crippen LogP contribution < -0.4 is 0 Å². The summed E-state index contributed by atoms with van der Waals surface area (Å²) in [5, 5.41) is 24.1. The summed E-state index contributed by atoms with van der Waals surface area (Å²) in [6.45, 7) is -0.283. The lowest BCUT2D eigenvalue weighted by Crippen LogP contribution is -1.87. The predicted molar refractivity (Wildman–Crippen MR) is 92.7 cm³/mol. The molecule has 26 heavy (non-hydrogen) atoms.